The van der Waals surface area contributed by atoms with Crippen LogP contribution in [0.3, 0.4) is 0 Å². The van der Waals surface area contributed by atoms with Gasteiger partial charge in [0.25, 0.3) is 5.91 Å². The van der Waals surface area contributed by atoms with Gasteiger partial charge in [-0.15, -0.1) is 0 Å². The van der Waals surface area contributed by atoms with Gasteiger partial charge in [-0.25, -0.2) is 9.97 Å². The van der Waals surface area contributed by atoms with E-state index in [1.807, 2.05) is 30.3 Å². The Labute approximate surface area is 218 Å². The number of carbonyl (C=O) groups excluding carboxylic acids is 1. The van der Waals surface area contributed by atoms with E-state index in [0.717, 1.165) is 29.4 Å². The number of piperazine rings is 1. The summed E-state index contributed by atoms with van der Waals surface area (Å²) < 4.78 is 41.4. The number of amides is 1. The second-order valence-electron chi connectivity index (χ2n) is 8.82. The standard InChI is InChI=1S/C26H22F3N7OS/c27-26(28,29)16-5-1-2-6-17(16)31-24-32-19-13-15(21(14-20(19)33-24)36-11-9-30-10-12-36)23(37)35-25-34-18-7-3-4-8-22(18)38-25/h1-8,13-14,30H,9-12H2,(H2,31,32,33)(H,34,35,37). The number of nitrogens with zero attached hydrogens (tertiary/aromatic N) is 3. The SMILES string of the molecule is O=C(Nc1nc2ccccc2s1)c1cc2nc(Nc3ccccc3C(F)(F)F)[nH]c2cc1N1CCNCC1. The average molecular weight is 538 g/mol. The van der Waals surface area contributed by atoms with Crippen molar-refractivity contribution in [2.24, 2.45) is 0 Å². The lowest BCUT2D eigenvalue weighted by Gasteiger charge is -2.30. The van der Waals surface area contributed by atoms with Gasteiger partial charge in [0.2, 0.25) is 5.95 Å². The monoisotopic (exact) mass is 537 g/mol. The summed E-state index contributed by atoms with van der Waals surface area (Å²) in [5.74, 6) is -0.189. The number of fused-ring (bicyclic) bond motifs is 2. The number of halogens is 3. The molecular formula is C26H22F3N7OS. The third-order valence-corrected chi connectivity index (χ3v) is 7.25. The van der Waals surface area contributed by atoms with Crippen LogP contribution in [0.15, 0.2) is 60.7 Å². The molecule has 12 heteroatoms. The number of aromatic nitrogens is 3. The van der Waals surface area contributed by atoms with Crippen LogP contribution in [-0.2, 0) is 6.18 Å². The molecule has 0 spiro atoms. The molecule has 8 nitrogen and oxygen atoms in total. The number of thiazole rings is 1. The Hall–Kier alpha value is -4.16. The number of alkyl halides is 3. The number of hydrogen-bond donors (Lipinski definition) is 4. The summed E-state index contributed by atoms with van der Waals surface area (Å²) in [7, 11) is 0. The number of carbonyl (C=O) groups is 1. The summed E-state index contributed by atoms with van der Waals surface area (Å²) >= 11 is 1.38. The molecule has 0 aliphatic carbocycles. The Morgan fingerprint density at radius 2 is 1.74 bits per heavy atom. The quantitative estimate of drug-likeness (QED) is 0.233. The van der Waals surface area contributed by atoms with Crippen molar-refractivity contribution in [1.82, 2.24) is 20.3 Å². The van der Waals surface area contributed by atoms with Crippen molar-refractivity contribution in [3.05, 3.63) is 71.8 Å². The minimum Gasteiger partial charge on any atom is -0.368 e. The molecule has 1 aliphatic heterocycles. The van der Waals surface area contributed by atoms with E-state index in [1.165, 1.54) is 29.5 Å². The molecule has 3 aromatic carbocycles. The summed E-state index contributed by atoms with van der Waals surface area (Å²) in [4.78, 5) is 27.6. The predicted molar refractivity (Wildman–Crippen MR) is 143 cm³/mol. The van der Waals surface area contributed by atoms with Gasteiger partial charge >= 0.3 is 6.18 Å². The Kier molecular flexibility index (Phi) is 6.12. The zero-order chi connectivity index (χ0) is 26.3. The number of H-pyrrole nitrogens is 1. The lowest BCUT2D eigenvalue weighted by molar-refractivity contribution is -0.136. The molecule has 38 heavy (non-hydrogen) atoms. The van der Waals surface area contributed by atoms with Crippen molar-refractivity contribution in [3.8, 4) is 0 Å². The summed E-state index contributed by atoms with van der Waals surface area (Å²) in [6.45, 7) is 2.93. The molecule has 5 aromatic rings. The first kappa shape index (κ1) is 24.2. The van der Waals surface area contributed by atoms with Crippen LogP contribution in [-0.4, -0.2) is 47.0 Å². The lowest BCUT2D eigenvalue weighted by Crippen LogP contribution is -2.44. The van der Waals surface area contributed by atoms with E-state index >= 15 is 0 Å². The molecule has 1 amide bonds. The normalized spacial score (nSPS) is 14.2. The molecule has 194 valence electrons. The predicted octanol–water partition coefficient (Wildman–Crippen LogP) is 5.60. The first-order valence-electron chi connectivity index (χ1n) is 11.9. The fourth-order valence-electron chi connectivity index (χ4n) is 4.51. The van der Waals surface area contributed by atoms with Crippen LogP contribution in [0.4, 0.5) is 35.6 Å². The van der Waals surface area contributed by atoms with Crippen molar-refractivity contribution in [3.63, 3.8) is 0 Å². The zero-order valence-electron chi connectivity index (χ0n) is 19.9. The molecule has 0 unspecified atom stereocenters. The second kappa shape index (κ2) is 9.62. The van der Waals surface area contributed by atoms with Crippen molar-refractivity contribution in [1.29, 1.82) is 0 Å². The van der Waals surface area contributed by atoms with Crippen molar-refractivity contribution < 1.29 is 18.0 Å². The fraction of sp³-hybridized carbons (Fsp3) is 0.192. The van der Waals surface area contributed by atoms with E-state index in [-0.39, 0.29) is 17.5 Å². The number of benzene rings is 3. The minimum absolute atomic E-state index is 0.116. The highest BCUT2D eigenvalue weighted by Gasteiger charge is 2.33. The Balaban J connectivity index is 1.36. The minimum atomic E-state index is -4.52. The van der Waals surface area contributed by atoms with Crippen LogP contribution >= 0.6 is 11.3 Å². The van der Waals surface area contributed by atoms with Crippen LogP contribution in [0.2, 0.25) is 0 Å². The third-order valence-electron chi connectivity index (χ3n) is 6.30. The molecule has 4 N–H and O–H groups in total. The van der Waals surface area contributed by atoms with Crippen LogP contribution < -0.4 is 20.9 Å². The molecular weight excluding hydrogens is 515 g/mol. The number of para-hydroxylation sites is 2. The lowest BCUT2D eigenvalue weighted by atomic mass is 10.1. The maximum atomic E-state index is 13.5. The van der Waals surface area contributed by atoms with Gasteiger partial charge in [-0.2, -0.15) is 13.2 Å². The maximum absolute atomic E-state index is 13.5. The smallest absolute Gasteiger partial charge is 0.368 e. The van der Waals surface area contributed by atoms with Gasteiger partial charge in [-0.1, -0.05) is 35.6 Å². The topological polar surface area (TPSA) is 98.0 Å². The summed E-state index contributed by atoms with van der Waals surface area (Å²) in [5, 5.41) is 9.45. The second-order valence-corrected chi connectivity index (χ2v) is 9.85. The molecule has 1 aliphatic rings. The van der Waals surface area contributed by atoms with Gasteiger partial charge in [0.1, 0.15) is 0 Å². The molecule has 1 fully saturated rings. The van der Waals surface area contributed by atoms with E-state index in [4.69, 9.17) is 0 Å². The highest BCUT2D eigenvalue weighted by molar-refractivity contribution is 7.22. The molecule has 2 aromatic heterocycles. The van der Waals surface area contributed by atoms with Gasteiger partial charge in [0.15, 0.2) is 5.13 Å². The fourth-order valence-corrected chi connectivity index (χ4v) is 5.37. The van der Waals surface area contributed by atoms with Gasteiger partial charge in [0.05, 0.1) is 43.8 Å². The van der Waals surface area contributed by atoms with Crippen molar-refractivity contribution >= 4 is 60.9 Å². The number of rotatable bonds is 5. The Morgan fingerprint density at radius 3 is 2.53 bits per heavy atom. The third kappa shape index (κ3) is 4.75. The number of nitrogens with one attached hydrogen (secondary N) is 4. The molecule has 6 rings (SSSR count). The summed E-state index contributed by atoms with van der Waals surface area (Å²) in [6.07, 6.45) is -4.52. The van der Waals surface area contributed by atoms with E-state index in [2.05, 4.69) is 35.8 Å². The van der Waals surface area contributed by atoms with Crippen LogP contribution in [0.5, 0.6) is 0 Å². The number of hydrogen-bond acceptors (Lipinski definition) is 7. The first-order valence-corrected chi connectivity index (χ1v) is 12.8. The highest BCUT2D eigenvalue weighted by Crippen LogP contribution is 2.36. The molecule has 0 radical (unpaired) electrons. The number of anilines is 4. The van der Waals surface area contributed by atoms with Gasteiger partial charge < -0.3 is 20.5 Å². The number of aromatic amines is 1. The average Bonchev–Trinajstić information content (AvgIpc) is 3.50. The van der Waals surface area contributed by atoms with Crippen LogP contribution in [0.1, 0.15) is 15.9 Å². The molecule has 0 atom stereocenters. The van der Waals surface area contributed by atoms with E-state index < -0.39 is 11.7 Å². The summed E-state index contributed by atoms with van der Waals surface area (Å²) in [6, 6.07) is 16.3. The van der Waals surface area contributed by atoms with Crippen molar-refractivity contribution in [2.75, 3.05) is 41.7 Å². The number of imidazole rings is 1. The zero-order valence-corrected chi connectivity index (χ0v) is 20.7. The van der Waals surface area contributed by atoms with E-state index in [9.17, 15) is 18.0 Å². The molecule has 0 bridgehead atoms. The molecule has 0 saturated carbocycles. The molecule has 1 saturated heterocycles. The highest BCUT2D eigenvalue weighted by atomic mass is 32.1. The van der Waals surface area contributed by atoms with E-state index in [0.29, 0.717) is 40.5 Å². The first-order chi connectivity index (χ1) is 18.3. The van der Waals surface area contributed by atoms with Crippen LogP contribution in [0.25, 0.3) is 21.3 Å². The Morgan fingerprint density at radius 1 is 0.974 bits per heavy atom. The van der Waals surface area contributed by atoms with E-state index in [1.54, 1.807) is 6.07 Å². The maximum Gasteiger partial charge on any atom is 0.418 e. The van der Waals surface area contributed by atoms with Gasteiger partial charge in [-0.3, -0.25) is 10.1 Å². The van der Waals surface area contributed by atoms with Gasteiger partial charge in [0, 0.05) is 26.2 Å². The Bertz CT molecular complexity index is 1610. The molecule has 3 heterocycles. The van der Waals surface area contributed by atoms with Gasteiger partial charge in [-0.05, 0) is 36.4 Å². The van der Waals surface area contributed by atoms with Crippen LogP contribution in [0, 0.1) is 0 Å². The largest absolute Gasteiger partial charge is 0.418 e. The summed E-state index contributed by atoms with van der Waals surface area (Å²) in [5.41, 5.74) is 2.06. The van der Waals surface area contributed by atoms with Crippen molar-refractivity contribution in [2.45, 2.75) is 6.18 Å².